The Kier molecular flexibility index (Phi) is 7.05. The summed E-state index contributed by atoms with van der Waals surface area (Å²) in [6.45, 7) is 8.51. The van der Waals surface area contributed by atoms with Crippen LogP contribution in [0.2, 0.25) is 0 Å². The fourth-order valence-electron chi connectivity index (χ4n) is 2.36. The van der Waals surface area contributed by atoms with Crippen LogP contribution in [-0.4, -0.2) is 38.6 Å². The standard InChI is InChI=1S/C17H26N2O3/c1-12(2)15-8-6-7-13(3)17(15)19(14(4)20)11-16(21)18-9-10-22-5/h6-8,12H,9-11H2,1-5H3,(H,18,21). The average Bonchev–Trinajstić information content (AvgIpc) is 2.45. The molecule has 1 rings (SSSR count). The molecule has 0 spiro atoms. The Labute approximate surface area is 132 Å². The Bertz CT molecular complexity index is 527. The number of amides is 2. The van der Waals surface area contributed by atoms with Crippen LogP contribution in [0.25, 0.3) is 0 Å². The van der Waals surface area contributed by atoms with E-state index in [0.717, 1.165) is 16.8 Å². The molecule has 0 saturated carbocycles. The van der Waals surface area contributed by atoms with Crippen LogP contribution in [0.15, 0.2) is 18.2 Å². The molecule has 0 aliphatic heterocycles. The monoisotopic (exact) mass is 306 g/mol. The lowest BCUT2D eigenvalue weighted by Crippen LogP contribution is -2.41. The van der Waals surface area contributed by atoms with Crippen molar-refractivity contribution in [3.05, 3.63) is 29.3 Å². The third-order valence-electron chi connectivity index (χ3n) is 3.47. The van der Waals surface area contributed by atoms with Crippen molar-refractivity contribution in [3.8, 4) is 0 Å². The van der Waals surface area contributed by atoms with Crippen LogP contribution >= 0.6 is 0 Å². The molecule has 0 fully saturated rings. The third-order valence-corrected chi connectivity index (χ3v) is 3.47. The molecular weight excluding hydrogens is 280 g/mol. The van der Waals surface area contributed by atoms with Gasteiger partial charge in [0.2, 0.25) is 11.8 Å². The second-order valence-corrected chi connectivity index (χ2v) is 5.62. The van der Waals surface area contributed by atoms with Crippen LogP contribution in [0.3, 0.4) is 0 Å². The molecule has 2 amide bonds. The molecule has 0 heterocycles. The van der Waals surface area contributed by atoms with Gasteiger partial charge in [0, 0.05) is 20.6 Å². The largest absolute Gasteiger partial charge is 0.383 e. The minimum absolute atomic E-state index is 0.0175. The summed E-state index contributed by atoms with van der Waals surface area (Å²) in [5, 5.41) is 2.75. The number of rotatable bonds is 7. The normalized spacial score (nSPS) is 10.6. The van der Waals surface area contributed by atoms with Crippen molar-refractivity contribution in [1.29, 1.82) is 0 Å². The molecule has 122 valence electrons. The number of hydrogen-bond donors (Lipinski definition) is 1. The van der Waals surface area contributed by atoms with Crippen molar-refractivity contribution in [3.63, 3.8) is 0 Å². The highest BCUT2D eigenvalue weighted by atomic mass is 16.5. The second-order valence-electron chi connectivity index (χ2n) is 5.62. The summed E-state index contributed by atoms with van der Waals surface area (Å²) in [5.74, 6) is -0.0587. The first kappa shape index (κ1) is 18.2. The maximum absolute atomic E-state index is 12.1. The van der Waals surface area contributed by atoms with Crippen molar-refractivity contribution >= 4 is 17.5 Å². The summed E-state index contributed by atoms with van der Waals surface area (Å²) >= 11 is 0. The van der Waals surface area contributed by atoms with Crippen LogP contribution < -0.4 is 10.2 Å². The van der Waals surface area contributed by atoms with Gasteiger partial charge in [-0.3, -0.25) is 9.59 Å². The molecule has 1 N–H and O–H groups in total. The van der Waals surface area contributed by atoms with Gasteiger partial charge in [0.15, 0.2) is 0 Å². The van der Waals surface area contributed by atoms with E-state index in [1.165, 1.54) is 6.92 Å². The first-order valence-electron chi connectivity index (χ1n) is 7.51. The van der Waals surface area contributed by atoms with Crippen molar-refractivity contribution in [2.75, 3.05) is 31.7 Å². The van der Waals surface area contributed by atoms with E-state index in [-0.39, 0.29) is 24.3 Å². The van der Waals surface area contributed by atoms with Gasteiger partial charge in [0.25, 0.3) is 0 Å². The number of benzene rings is 1. The zero-order chi connectivity index (χ0) is 16.7. The Morgan fingerprint density at radius 2 is 2.00 bits per heavy atom. The molecule has 0 aromatic heterocycles. The smallest absolute Gasteiger partial charge is 0.240 e. The predicted octanol–water partition coefficient (Wildman–Crippen LogP) is 2.23. The molecule has 0 saturated heterocycles. The van der Waals surface area contributed by atoms with Crippen molar-refractivity contribution in [2.24, 2.45) is 0 Å². The van der Waals surface area contributed by atoms with E-state index in [0.29, 0.717) is 13.2 Å². The Morgan fingerprint density at radius 1 is 1.32 bits per heavy atom. The SMILES string of the molecule is COCCNC(=O)CN(C(C)=O)c1c(C)cccc1C(C)C. The first-order chi connectivity index (χ1) is 10.4. The molecule has 0 radical (unpaired) electrons. The first-order valence-corrected chi connectivity index (χ1v) is 7.51. The number of nitrogens with zero attached hydrogens (tertiary/aromatic N) is 1. The van der Waals surface area contributed by atoms with Gasteiger partial charge in [-0.25, -0.2) is 0 Å². The van der Waals surface area contributed by atoms with Gasteiger partial charge in [-0.15, -0.1) is 0 Å². The number of carbonyl (C=O) groups excluding carboxylic acids is 2. The fourth-order valence-corrected chi connectivity index (χ4v) is 2.36. The zero-order valence-electron chi connectivity index (χ0n) is 14.1. The Morgan fingerprint density at radius 3 is 2.55 bits per heavy atom. The van der Waals surface area contributed by atoms with Crippen LogP contribution in [-0.2, 0) is 14.3 Å². The van der Waals surface area contributed by atoms with E-state index >= 15 is 0 Å². The van der Waals surface area contributed by atoms with E-state index in [2.05, 4.69) is 19.2 Å². The van der Waals surface area contributed by atoms with E-state index in [1.807, 2.05) is 25.1 Å². The van der Waals surface area contributed by atoms with Crippen LogP contribution in [0.5, 0.6) is 0 Å². The number of anilines is 1. The molecule has 0 aliphatic rings. The number of para-hydroxylation sites is 1. The predicted molar refractivity (Wildman–Crippen MR) is 88.2 cm³/mol. The Hall–Kier alpha value is -1.88. The maximum atomic E-state index is 12.1. The van der Waals surface area contributed by atoms with E-state index in [9.17, 15) is 9.59 Å². The third kappa shape index (κ3) is 4.84. The average molecular weight is 306 g/mol. The Balaban J connectivity index is 3.02. The second kappa shape index (κ2) is 8.54. The maximum Gasteiger partial charge on any atom is 0.240 e. The number of hydrogen-bond acceptors (Lipinski definition) is 3. The molecule has 0 aliphatic carbocycles. The summed E-state index contributed by atoms with van der Waals surface area (Å²) in [6, 6.07) is 5.94. The van der Waals surface area contributed by atoms with Crippen molar-refractivity contribution in [1.82, 2.24) is 5.32 Å². The highest BCUT2D eigenvalue weighted by Crippen LogP contribution is 2.30. The van der Waals surface area contributed by atoms with Crippen LogP contribution in [0.1, 0.15) is 37.8 Å². The number of carbonyl (C=O) groups is 2. The highest BCUT2D eigenvalue weighted by Gasteiger charge is 2.21. The van der Waals surface area contributed by atoms with Gasteiger partial charge in [0.1, 0.15) is 6.54 Å². The van der Waals surface area contributed by atoms with Crippen LogP contribution in [0.4, 0.5) is 5.69 Å². The van der Waals surface area contributed by atoms with Gasteiger partial charge >= 0.3 is 0 Å². The van der Waals surface area contributed by atoms with E-state index in [1.54, 1.807) is 12.0 Å². The van der Waals surface area contributed by atoms with E-state index < -0.39 is 0 Å². The lowest BCUT2D eigenvalue weighted by Gasteiger charge is -2.26. The molecule has 5 nitrogen and oxygen atoms in total. The summed E-state index contributed by atoms with van der Waals surface area (Å²) in [7, 11) is 1.58. The van der Waals surface area contributed by atoms with Crippen molar-refractivity contribution < 1.29 is 14.3 Å². The zero-order valence-corrected chi connectivity index (χ0v) is 14.1. The number of methoxy groups -OCH3 is 1. The highest BCUT2D eigenvalue weighted by molar-refractivity contribution is 5.98. The fraction of sp³-hybridized carbons (Fsp3) is 0.529. The van der Waals surface area contributed by atoms with E-state index in [4.69, 9.17) is 4.74 Å². The molecule has 1 aromatic rings. The molecule has 0 bridgehead atoms. The van der Waals surface area contributed by atoms with Gasteiger partial charge in [-0.2, -0.15) is 0 Å². The van der Waals surface area contributed by atoms with Gasteiger partial charge < -0.3 is 15.0 Å². The molecule has 0 unspecified atom stereocenters. The minimum atomic E-state index is -0.190. The summed E-state index contributed by atoms with van der Waals surface area (Å²) in [6.07, 6.45) is 0. The molecule has 22 heavy (non-hydrogen) atoms. The van der Waals surface area contributed by atoms with Gasteiger partial charge in [-0.1, -0.05) is 32.0 Å². The summed E-state index contributed by atoms with van der Waals surface area (Å²) < 4.78 is 4.90. The quantitative estimate of drug-likeness (QED) is 0.786. The lowest BCUT2D eigenvalue weighted by atomic mass is 9.97. The number of nitrogens with one attached hydrogen (secondary N) is 1. The van der Waals surface area contributed by atoms with Crippen molar-refractivity contribution in [2.45, 2.75) is 33.6 Å². The topological polar surface area (TPSA) is 58.6 Å². The molecule has 1 aromatic carbocycles. The minimum Gasteiger partial charge on any atom is -0.383 e. The molecule has 5 heteroatoms. The number of ether oxygens (including phenoxy) is 1. The summed E-state index contributed by atoms with van der Waals surface area (Å²) in [4.78, 5) is 25.6. The van der Waals surface area contributed by atoms with Gasteiger partial charge in [-0.05, 0) is 24.0 Å². The van der Waals surface area contributed by atoms with Gasteiger partial charge in [0.05, 0.1) is 12.3 Å². The molecule has 0 atom stereocenters. The molecular formula is C17H26N2O3. The van der Waals surface area contributed by atoms with Crippen LogP contribution in [0, 0.1) is 6.92 Å². The summed E-state index contributed by atoms with van der Waals surface area (Å²) in [5.41, 5.74) is 2.90. The lowest BCUT2D eigenvalue weighted by molar-refractivity contribution is -0.123. The number of aryl methyl sites for hydroxylation is 1.